The number of pyridine rings is 1. The first kappa shape index (κ1) is 17.1. The summed E-state index contributed by atoms with van der Waals surface area (Å²) in [7, 11) is -1.99. The van der Waals surface area contributed by atoms with E-state index in [4.69, 9.17) is 0 Å². The van der Waals surface area contributed by atoms with Crippen LogP contribution in [0.4, 0.5) is 5.69 Å². The predicted molar refractivity (Wildman–Crippen MR) is 103 cm³/mol. The molecule has 0 amide bonds. The lowest BCUT2D eigenvalue weighted by atomic mass is 10.1. The van der Waals surface area contributed by atoms with Crippen LogP contribution < -0.4 is 4.90 Å². The van der Waals surface area contributed by atoms with Gasteiger partial charge in [-0.3, -0.25) is 0 Å². The molecule has 0 aliphatic carbocycles. The molecule has 0 unspecified atom stereocenters. The predicted octanol–water partition coefficient (Wildman–Crippen LogP) is 2.98. The van der Waals surface area contributed by atoms with Gasteiger partial charge in [-0.25, -0.2) is 13.4 Å². The maximum absolute atomic E-state index is 13.1. The molecule has 136 valence electrons. The summed E-state index contributed by atoms with van der Waals surface area (Å²) in [6, 6.07) is 11.6. The minimum atomic E-state index is -3.62. The molecule has 1 aromatic carbocycles. The number of aromatic amines is 1. The first-order chi connectivity index (χ1) is 12.6. The van der Waals surface area contributed by atoms with Gasteiger partial charge >= 0.3 is 0 Å². The van der Waals surface area contributed by atoms with Crippen LogP contribution in [-0.4, -0.2) is 42.8 Å². The van der Waals surface area contributed by atoms with Crippen LogP contribution in [0.5, 0.6) is 0 Å². The summed E-state index contributed by atoms with van der Waals surface area (Å²) >= 11 is 0. The zero-order valence-electron chi connectivity index (χ0n) is 14.7. The highest BCUT2D eigenvalue weighted by Crippen LogP contribution is 2.28. The van der Waals surface area contributed by atoms with E-state index in [0.717, 1.165) is 24.3 Å². The molecule has 4 rings (SSSR count). The van der Waals surface area contributed by atoms with Crippen molar-refractivity contribution in [2.24, 2.45) is 0 Å². The zero-order chi connectivity index (χ0) is 18.1. The molecule has 0 atom stereocenters. The van der Waals surface area contributed by atoms with Crippen molar-refractivity contribution in [2.45, 2.75) is 24.3 Å². The molecule has 2 aromatic heterocycles. The summed E-state index contributed by atoms with van der Waals surface area (Å²) in [6.07, 6.45) is 5.54. The average Bonchev–Trinajstić information content (AvgIpc) is 3.32. The Bertz CT molecular complexity index is 1020. The third-order valence-corrected chi connectivity index (χ3v) is 6.78. The van der Waals surface area contributed by atoms with Gasteiger partial charge in [-0.15, -0.1) is 0 Å². The van der Waals surface area contributed by atoms with Crippen LogP contribution in [0, 0.1) is 0 Å². The summed E-state index contributed by atoms with van der Waals surface area (Å²) in [5.74, 6) is 0. The van der Waals surface area contributed by atoms with Gasteiger partial charge in [0.2, 0.25) is 10.0 Å². The number of rotatable bonds is 5. The highest BCUT2D eigenvalue weighted by atomic mass is 32.2. The fourth-order valence-electron chi connectivity index (χ4n) is 3.55. The van der Waals surface area contributed by atoms with Crippen LogP contribution in [0.3, 0.4) is 0 Å². The number of aromatic nitrogens is 2. The summed E-state index contributed by atoms with van der Waals surface area (Å²) in [5.41, 5.74) is 2.74. The second kappa shape index (κ2) is 6.74. The summed E-state index contributed by atoms with van der Waals surface area (Å²) in [6.45, 7) is 2.39. The van der Waals surface area contributed by atoms with E-state index >= 15 is 0 Å². The van der Waals surface area contributed by atoms with Crippen molar-refractivity contribution in [2.75, 3.05) is 25.0 Å². The molecule has 0 saturated carbocycles. The SMILES string of the molecule is CN(Cc1ccccc1N1CCCC1)S(=O)(=O)c1c[nH]c2ncccc12. The standard InChI is InChI=1S/C19H22N4O2S/c1-22(14-15-7-2-3-9-17(15)23-11-4-5-12-23)26(24,25)18-13-21-19-16(18)8-6-10-20-19/h2-3,6-10,13H,4-5,11-12,14H2,1H3,(H,20,21). The Hall–Kier alpha value is -2.38. The molecule has 1 aliphatic heterocycles. The molecule has 1 N–H and O–H groups in total. The minimum absolute atomic E-state index is 0.266. The maximum Gasteiger partial charge on any atom is 0.245 e. The number of H-pyrrole nitrogens is 1. The van der Waals surface area contributed by atoms with Crippen LogP contribution in [0.2, 0.25) is 0 Å². The van der Waals surface area contributed by atoms with Gasteiger partial charge in [0.25, 0.3) is 0 Å². The van der Waals surface area contributed by atoms with Crippen LogP contribution >= 0.6 is 0 Å². The van der Waals surface area contributed by atoms with E-state index in [9.17, 15) is 8.42 Å². The summed E-state index contributed by atoms with van der Waals surface area (Å²) in [4.78, 5) is 9.73. The number of para-hydroxylation sites is 1. The van der Waals surface area contributed by atoms with E-state index in [2.05, 4.69) is 20.9 Å². The molecule has 6 nitrogen and oxygen atoms in total. The van der Waals surface area contributed by atoms with Crippen LogP contribution in [0.15, 0.2) is 53.7 Å². The van der Waals surface area contributed by atoms with Crippen molar-refractivity contribution >= 4 is 26.7 Å². The van der Waals surface area contributed by atoms with E-state index in [0.29, 0.717) is 17.6 Å². The molecular weight excluding hydrogens is 348 g/mol. The van der Waals surface area contributed by atoms with E-state index in [1.54, 1.807) is 25.4 Å². The van der Waals surface area contributed by atoms with Gasteiger partial charge in [0.15, 0.2) is 0 Å². The summed E-state index contributed by atoms with van der Waals surface area (Å²) < 4.78 is 27.6. The van der Waals surface area contributed by atoms with Gasteiger partial charge in [-0.2, -0.15) is 4.31 Å². The Kier molecular flexibility index (Phi) is 4.42. The number of benzene rings is 1. The number of nitrogens with one attached hydrogen (secondary N) is 1. The highest BCUT2D eigenvalue weighted by Gasteiger charge is 2.26. The van der Waals surface area contributed by atoms with E-state index in [-0.39, 0.29) is 4.90 Å². The van der Waals surface area contributed by atoms with Crippen molar-refractivity contribution in [3.8, 4) is 0 Å². The van der Waals surface area contributed by atoms with E-state index in [1.807, 2.05) is 18.2 Å². The second-order valence-electron chi connectivity index (χ2n) is 6.64. The Labute approximate surface area is 153 Å². The number of hydrogen-bond donors (Lipinski definition) is 1. The van der Waals surface area contributed by atoms with Crippen molar-refractivity contribution in [1.82, 2.24) is 14.3 Å². The fourth-order valence-corrected chi connectivity index (χ4v) is 4.84. The minimum Gasteiger partial charge on any atom is -0.371 e. The third-order valence-electron chi connectivity index (χ3n) is 4.93. The number of hydrogen-bond acceptors (Lipinski definition) is 4. The lowest BCUT2D eigenvalue weighted by Gasteiger charge is -2.24. The smallest absolute Gasteiger partial charge is 0.245 e. The molecule has 1 saturated heterocycles. The molecule has 3 heterocycles. The number of sulfonamides is 1. The molecule has 1 fully saturated rings. The topological polar surface area (TPSA) is 69.3 Å². The Balaban J connectivity index is 1.65. The molecule has 7 heteroatoms. The van der Waals surface area contributed by atoms with Gasteiger partial charge in [0.1, 0.15) is 10.5 Å². The van der Waals surface area contributed by atoms with Crippen LogP contribution in [-0.2, 0) is 16.6 Å². The molecule has 3 aromatic rings. The normalized spacial score (nSPS) is 15.2. The third kappa shape index (κ3) is 2.97. The lowest BCUT2D eigenvalue weighted by molar-refractivity contribution is 0.467. The van der Waals surface area contributed by atoms with Crippen LogP contribution in [0.25, 0.3) is 11.0 Å². The van der Waals surface area contributed by atoms with Crippen molar-refractivity contribution < 1.29 is 8.42 Å². The number of anilines is 1. The molecule has 0 spiro atoms. The molecule has 1 aliphatic rings. The second-order valence-corrected chi connectivity index (χ2v) is 8.65. The summed E-state index contributed by atoms with van der Waals surface area (Å²) in [5, 5.41) is 0.618. The van der Waals surface area contributed by atoms with Crippen molar-refractivity contribution in [3.05, 3.63) is 54.4 Å². The quantitative estimate of drug-likeness (QED) is 0.750. The van der Waals surface area contributed by atoms with E-state index < -0.39 is 10.0 Å². The number of nitrogens with zero attached hydrogens (tertiary/aromatic N) is 3. The molecular formula is C19H22N4O2S. The Morgan fingerprint density at radius 3 is 2.73 bits per heavy atom. The largest absolute Gasteiger partial charge is 0.371 e. The van der Waals surface area contributed by atoms with Gasteiger partial charge in [-0.05, 0) is 36.6 Å². The highest BCUT2D eigenvalue weighted by molar-refractivity contribution is 7.89. The zero-order valence-corrected chi connectivity index (χ0v) is 15.5. The average molecular weight is 370 g/mol. The Morgan fingerprint density at radius 2 is 1.92 bits per heavy atom. The van der Waals surface area contributed by atoms with Crippen molar-refractivity contribution in [3.63, 3.8) is 0 Å². The molecule has 26 heavy (non-hydrogen) atoms. The van der Waals surface area contributed by atoms with Gasteiger partial charge < -0.3 is 9.88 Å². The van der Waals surface area contributed by atoms with E-state index in [1.165, 1.54) is 23.3 Å². The lowest BCUT2D eigenvalue weighted by Crippen LogP contribution is -2.28. The van der Waals surface area contributed by atoms with Crippen molar-refractivity contribution in [1.29, 1.82) is 0 Å². The van der Waals surface area contributed by atoms with Gasteiger partial charge in [0, 0.05) is 50.1 Å². The first-order valence-corrected chi connectivity index (χ1v) is 10.2. The first-order valence-electron chi connectivity index (χ1n) is 8.78. The monoisotopic (exact) mass is 370 g/mol. The molecule has 0 bridgehead atoms. The molecule has 0 radical (unpaired) electrons. The van der Waals surface area contributed by atoms with Crippen LogP contribution in [0.1, 0.15) is 18.4 Å². The van der Waals surface area contributed by atoms with Gasteiger partial charge in [0.05, 0.1) is 0 Å². The maximum atomic E-state index is 13.1. The Morgan fingerprint density at radius 1 is 1.15 bits per heavy atom. The fraction of sp³-hybridized carbons (Fsp3) is 0.316. The van der Waals surface area contributed by atoms with Gasteiger partial charge in [-0.1, -0.05) is 18.2 Å². The number of fused-ring (bicyclic) bond motifs is 1.